The topological polar surface area (TPSA) is 150 Å². The Bertz CT molecular complexity index is 1260. The second kappa shape index (κ2) is 7.72. The molecule has 0 saturated heterocycles. The lowest BCUT2D eigenvalue weighted by Crippen LogP contribution is -2.24. The Morgan fingerprint density at radius 2 is 1.53 bits per heavy atom. The molecule has 0 unspecified atom stereocenters. The van der Waals surface area contributed by atoms with E-state index in [-0.39, 0.29) is 11.1 Å². The van der Waals surface area contributed by atoms with E-state index in [2.05, 4.69) is 4.99 Å². The number of sulfone groups is 2. The number of aliphatic imine (C=N–C) groups is 1. The highest BCUT2D eigenvalue weighted by atomic mass is 32.2. The first-order chi connectivity index (χ1) is 13.6. The molecule has 8 nitrogen and oxygen atoms in total. The van der Waals surface area contributed by atoms with Crippen LogP contribution in [0.2, 0.25) is 0 Å². The molecule has 0 saturated carbocycles. The molecule has 0 aliphatic rings. The number of amides is 1. The molecule has 1 amide bonds. The lowest BCUT2D eigenvalue weighted by atomic mass is 10.1. The Morgan fingerprint density at radius 1 is 0.967 bits per heavy atom. The van der Waals surface area contributed by atoms with Gasteiger partial charge in [0.05, 0.1) is 20.2 Å². The van der Waals surface area contributed by atoms with Crippen molar-refractivity contribution in [1.29, 1.82) is 0 Å². The summed E-state index contributed by atoms with van der Waals surface area (Å²) in [5.41, 5.74) is 8.41. The molecule has 4 N–H and O–H groups in total. The number of benzene rings is 2. The van der Waals surface area contributed by atoms with Gasteiger partial charge in [0, 0.05) is 11.8 Å². The van der Waals surface area contributed by atoms with E-state index in [0.29, 0.717) is 12.3 Å². The van der Waals surface area contributed by atoms with E-state index < -0.39 is 58.0 Å². The highest BCUT2D eigenvalue weighted by molar-refractivity contribution is 7.94. The summed E-state index contributed by atoms with van der Waals surface area (Å²) in [5.74, 6) is -1.66. The number of nitrogens with two attached hydrogens (primary N) is 2. The summed E-state index contributed by atoms with van der Waals surface area (Å²) in [6, 6.07) is 4.89. The minimum atomic E-state index is -5.01. The van der Waals surface area contributed by atoms with Crippen LogP contribution < -0.4 is 11.5 Å². The molecule has 0 heterocycles. The average Bonchev–Trinajstić information content (AvgIpc) is 2.59. The first-order valence-electron chi connectivity index (χ1n) is 7.96. The van der Waals surface area contributed by atoms with Crippen molar-refractivity contribution >= 4 is 31.5 Å². The van der Waals surface area contributed by atoms with Crippen LogP contribution in [-0.2, 0) is 25.9 Å². The van der Waals surface area contributed by atoms with E-state index in [1.54, 1.807) is 0 Å². The van der Waals surface area contributed by atoms with Crippen LogP contribution in [0.25, 0.3) is 0 Å². The summed E-state index contributed by atoms with van der Waals surface area (Å²) in [5, 5.41) is 0. The molecule has 0 fully saturated rings. The van der Waals surface area contributed by atoms with Crippen LogP contribution >= 0.6 is 0 Å². The fourth-order valence-corrected chi connectivity index (χ4v) is 5.79. The minimum Gasteiger partial charge on any atom is -0.370 e. The zero-order valence-corrected chi connectivity index (χ0v) is 17.2. The standard InChI is InChI=1S/C17H16F3N3O5S2/c1-9-7-14(13(29(2,25)26)8-10(9)15(24)23-16(21)22)30(27,28)12-6-4-3-5-11(12)17(18,19)20/h3-8H,1-2H3,(H4,21,22,23,24). The number of rotatable bonds is 4. The van der Waals surface area contributed by atoms with Crippen LogP contribution in [0.15, 0.2) is 56.1 Å². The summed E-state index contributed by atoms with van der Waals surface area (Å²) in [6.45, 7) is 1.26. The first kappa shape index (κ1) is 23.3. The lowest BCUT2D eigenvalue weighted by molar-refractivity contribution is -0.139. The van der Waals surface area contributed by atoms with Gasteiger partial charge >= 0.3 is 6.18 Å². The summed E-state index contributed by atoms with van der Waals surface area (Å²) in [4.78, 5) is 12.5. The summed E-state index contributed by atoms with van der Waals surface area (Å²) >= 11 is 0. The quantitative estimate of drug-likeness (QED) is 0.517. The van der Waals surface area contributed by atoms with Crippen LogP contribution in [0.3, 0.4) is 0 Å². The van der Waals surface area contributed by atoms with Gasteiger partial charge in [-0.1, -0.05) is 12.1 Å². The van der Waals surface area contributed by atoms with E-state index in [9.17, 15) is 34.8 Å². The molecular formula is C17H16F3N3O5S2. The molecule has 30 heavy (non-hydrogen) atoms. The summed E-state index contributed by atoms with van der Waals surface area (Å²) in [7, 11) is -9.25. The molecule has 0 atom stereocenters. The molecule has 0 bridgehead atoms. The molecule has 0 aliphatic heterocycles. The predicted molar refractivity (Wildman–Crippen MR) is 101 cm³/mol. The second-order valence-corrected chi connectivity index (χ2v) is 10.1. The van der Waals surface area contributed by atoms with Crippen LogP contribution in [-0.4, -0.2) is 35.0 Å². The van der Waals surface area contributed by atoms with Crippen molar-refractivity contribution in [2.24, 2.45) is 16.5 Å². The zero-order chi connectivity index (χ0) is 23.1. The fraction of sp³-hybridized carbons (Fsp3) is 0.176. The number of hydrogen-bond donors (Lipinski definition) is 2. The smallest absolute Gasteiger partial charge is 0.370 e. The van der Waals surface area contributed by atoms with Gasteiger partial charge in [-0.3, -0.25) is 4.79 Å². The monoisotopic (exact) mass is 463 g/mol. The zero-order valence-electron chi connectivity index (χ0n) is 15.6. The first-order valence-corrected chi connectivity index (χ1v) is 11.3. The van der Waals surface area contributed by atoms with Gasteiger partial charge < -0.3 is 11.5 Å². The maximum absolute atomic E-state index is 13.3. The van der Waals surface area contributed by atoms with Gasteiger partial charge in [0.1, 0.15) is 0 Å². The van der Waals surface area contributed by atoms with E-state index in [1.165, 1.54) is 6.92 Å². The van der Waals surface area contributed by atoms with Crippen LogP contribution in [0.5, 0.6) is 0 Å². The molecule has 0 aromatic heterocycles. The summed E-state index contributed by atoms with van der Waals surface area (Å²) < 4.78 is 90.6. The molecule has 13 heteroatoms. The lowest BCUT2D eigenvalue weighted by Gasteiger charge is -2.16. The number of halogens is 3. The number of guanidine groups is 1. The van der Waals surface area contributed by atoms with E-state index in [4.69, 9.17) is 11.5 Å². The Balaban J connectivity index is 2.91. The van der Waals surface area contributed by atoms with Crippen LogP contribution in [0.1, 0.15) is 21.5 Å². The Hall–Kier alpha value is -2.93. The number of nitrogens with zero attached hydrogens (tertiary/aromatic N) is 1. The predicted octanol–water partition coefficient (Wildman–Crippen LogP) is 1.66. The van der Waals surface area contributed by atoms with E-state index in [0.717, 1.165) is 30.3 Å². The largest absolute Gasteiger partial charge is 0.417 e. The average molecular weight is 463 g/mol. The Labute approximate surface area is 170 Å². The molecule has 2 rings (SSSR count). The van der Waals surface area contributed by atoms with Crippen molar-refractivity contribution in [1.82, 2.24) is 0 Å². The molecule has 0 aliphatic carbocycles. The van der Waals surface area contributed by atoms with Crippen LogP contribution in [0.4, 0.5) is 13.2 Å². The van der Waals surface area contributed by atoms with Gasteiger partial charge in [0.2, 0.25) is 9.84 Å². The van der Waals surface area contributed by atoms with Gasteiger partial charge in [-0.2, -0.15) is 18.2 Å². The number of carbonyl (C=O) groups excluding carboxylic acids is 1. The maximum atomic E-state index is 13.3. The Kier molecular flexibility index (Phi) is 6.01. The highest BCUT2D eigenvalue weighted by Gasteiger charge is 2.39. The molecular weight excluding hydrogens is 447 g/mol. The van der Waals surface area contributed by atoms with Crippen molar-refractivity contribution in [3.63, 3.8) is 0 Å². The van der Waals surface area contributed by atoms with Crippen molar-refractivity contribution in [3.05, 3.63) is 53.1 Å². The third kappa shape index (κ3) is 4.62. The van der Waals surface area contributed by atoms with E-state index in [1.807, 2.05) is 0 Å². The number of hydrogen-bond acceptors (Lipinski definition) is 5. The van der Waals surface area contributed by atoms with Crippen molar-refractivity contribution in [2.45, 2.75) is 27.8 Å². The minimum absolute atomic E-state index is 0.0551. The van der Waals surface area contributed by atoms with Crippen LogP contribution in [0, 0.1) is 6.92 Å². The van der Waals surface area contributed by atoms with Crippen molar-refractivity contribution in [2.75, 3.05) is 6.26 Å². The Morgan fingerprint density at radius 3 is 2.03 bits per heavy atom. The third-order valence-corrected chi connectivity index (χ3v) is 7.04. The molecule has 0 spiro atoms. The van der Waals surface area contributed by atoms with Gasteiger partial charge in [-0.25, -0.2) is 16.8 Å². The fourth-order valence-electron chi connectivity index (χ4n) is 2.62. The van der Waals surface area contributed by atoms with Gasteiger partial charge in [0.15, 0.2) is 15.8 Å². The third-order valence-electron chi connectivity index (χ3n) is 3.92. The normalized spacial score (nSPS) is 12.4. The SMILES string of the molecule is Cc1cc(S(=O)(=O)c2ccccc2C(F)(F)F)c(S(C)(=O)=O)cc1C(=O)N=C(N)N. The second-order valence-electron chi connectivity index (χ2n) is 6.23. The number of alkyl halides is 3. The molecule has 0 radical (unpaired) electrons. The van der Waals surface area contributed by atoms with Crippen molar-refractivity contribution in [3.8, 4) is 0 Å². The number of aryl methyl sites for hydroxylation is 1. The molecule has 2 aromatic carbocycles. The van der Waals surface area contributed by atoms with Crippen molar-refractivity contribution < 1.29 is 34.8 Å². The van der Waals surface area contributed by atoms with Gasteiger partial charge in [-0.15, -0.1) is 0 Å². The maximum Gasteiger partial charge on any atom is 0.417 e. The van der Waals surface area contributed by atoms with E-state index >= 15 is 0 Å². The number of carbonyl (C=O) groups is 1. The molecule has 2 aromatic rings. The highest BCUT2D eigenvalue weighted by Crippen LogP contribution is 2.38. The molecule has 162 valence electrons. The van der Waals surface area contributed by atoms with Gasteiger partial charge in [0.25, 0.3) is 5.91 Å². The summed E-state index contributed by atoms with van der Waals surface area (Å²) in [6.07, 6.45) is -4.35. The van der Waals surface area contributed by atoms with Gasteiger partial charge in [-0.05, 0) is 36.8 Å².